The number of nitrogens with zero attached hydrogens (tertiary/aromatic N) is 3. The first-order valence-corrected chi connectivity index (χ1v) is 6.21. The number of aryl methyl sites for hydroxylation is 1. The molecule has 16 heavy (non-hydrogen) atoms. The number of hydrogen-bond acceptors (Lipinski definition) is 3. The van der Waals surface area contributed by atoms with E-state index in [0.29, 0.717) is 6.04 Å². The van der Waals surface area contributed by atoms with Crippen molar-refractivity contribution in [3.05, 3.63) is 12.2 Å². The molecule has 0 saturated heterocycles. The van der Waals surface area contributed by atoms with Crippen LogP contribution in [0.15, 0.2) is 6.33 Å². The molecule has 2 unspecified atom stereocenters. The summed E-state index contributed by atoms with van der Waals surface area (Å²) >= 11 is 0. The first-order chi connectivity index (χ1) is 7.63. The smallest absolute Gasteiger partial charge is 0.164 e. The molecule has 1 saturated carbocycles. The first-order valence-electron chi connectivity index (χ1n) is 6.21. The molecule has 1 aromatic heterocycles. The Bertz CT molecular complexity index is 324. The van der Waals surface area contributed by atoms with E-state index in [0.717, 1.165) is 24.2 Å². The first kappa shape index (κ1) is 11.6. The van der Waals surface area contributed by atoms with Crippen LogP contribution in [0.4, 0.5) is 0 Å². The van der Waals surface area contributed by atoms with Crippen molar-refractivity contribution in [2.24, 2.45) is 18.9 Å². The van der Waals surface area contributed by atoms with Gasteiger partial charge in [0, 0.05) is 13.1 Å². The van der Waals surface area contributed by atoms with E-state index >= 15 is 0 Å². The summed E-state index contributed by atoms with van der Waals surface area (Å²) in [5, 5.41) is 7.85. The van der Waals surface area contributed by atoms with E-state index < -0.39 is 0 Å². The Hall–Kier alpha value is -0.900. The van der Waals surface area contributed by atoms with Gasteiger partial charge in [-0.25, -0.2) is 4.98 Å². The van der Waals surface area contributed by atoms with Gasteiger partial charge in [-0.05, 0) is 31.1 Å². The van der Waals surface area contributed by atoms with Crippen LogP contribution in [0.2, 0.25) is 0 Å². The summed E-state index contributed by atoms with van der Waals surface area (Å²) in [5.41, 5.74) is 0. The second-order valence-electron chi connectivity index (χ2n) is 5.33. The molecule has 2 atom stereocenters. The lowest BCUT2D eigenvalue weighted by atomic mass is 9.80. The van der Waals surface area contributed by atoms with Crippen molar-refractivity contribution in [3.8, 4) is 0 Å². The van der Waals surface area contributed by atoms with Gasteiger partial charge in [0.1, 0.15) is 6.33 Å². The topological polar surface area (TPSA) is 42.7 Å². The van der Waals surface area contributed by atoms with Crippen LogP contribution < -0.4 is 5.32 Å². The fourth-order valence-electron chi connectivity index (χ4n) is 2.81. The third-order valence-electron chi connectivity index (χ3n) is 3.37. The van der Waals surface area contributed by atoms with Gasteiger partial charge < -0.3 is 5.32 Å². The summed E-state index contributed by atoms with van der Waals surface area (Å²) in [6.07, 6.45) is 5.71. The number of rotatable bonds is 3. The molecule has 1 aliphatic rings. The van der Waals surface area contributed by atoms with Crippen molar-refractivity contribution < 1.29 is 0 Å². The van der Waals surface area contributed by atoms with Gasteiger partial charge in [0.2, 0.25) is 0 Å². The average Bonchev–Trinajstić information content (AvgIpc) is 2.60. The predicted molar refractivity (Wildman–Crippen MR) is 63.8 cm³/mol. The summed E-state index contributed by atoms with van der Waals surface area (Å²) in [5.74, 6) is 2.59. The minimum absolute atomic E-state index is 0.641. The Morgan fingerprint density at radius 1 is 1.31 bits per heavy atom. The Morgan fingerprint density at radius 3 is 2.56 bits per heavy atom. The molecule has 1 fully saturated rings. The van der Waals surface area contributed by atoms with Crippen LogP contribution in [0, 0.1) is 11.8 Å². The van der Waals surface area contributed by atoms with E-state index in [1.54, 1.807) is 11.0 Å². The Kier molecular flexibility index (Phi) is 3.59. The quantitative estimate of drug-likeness (QED) is 0.847. The molecule has 0 amide bonds. The summed E-state index contributed by atoms with van der Waals surface area (Å²) in [6, 6.07) is 0.641. The van der Waals surface area contributed by atoms with E-state index in [-0.39, 0.29) is 0 Å². The monoisotopic (exact) mass is 222 g/mol. The van der Waals surface area contributed by atoms with Gasteiger partial charge in [-0.15, -0.1) is 0 Å². The minimum Gasteiger partial charge on any atom is -0.307 e. The largest absolute Gasteiger partial charge is 0.307 e. The zero-order chi connectivity index (χ0) is 11.5. The Labute approximate surface area is 97.5 Å². The molecule has 4 heteroatoms. The number of aromatic nitrogens is 3. The highest BCUT2D eigenvalue weighted by Crippen LogP contribution is 2.28. The molecule has 0 aliphatic heterocycles. The van der Waals surface area contributed by atoms with Crippen molar-refractivity contribution in [2.75, 3.05) is 0 Å². The number of hydrogen-bond donors (Lipinski definition) is 1. The van der Waals surface area contributed by atoms with E-state index in [2.05, 4.69) is 29.2 Å². The zero-order valence-electron chi connectivity index (χ0n) is 10.5. The van der Waals surface area contributed by atoms with Crippen LogP contribution in [0.3, 0.4) is 0 Å². The molecule has 1 aliphatic carbocycles. The van der Waals surface area contributed by atoms with Gasteiger partial charge >= 0.3 is 0 Å². The van der Waals surface area contributed by atoms with Gasteiger partial charge in [0.05, 0.1) is 6.54 Å². The van der Waals surface area contributed by atoms with Gasteiger partial charge in [-0.1, -0.05) is 13.8 Å². The molecular formula is C12H22N4. The van der Waals surface area contributed by atoms with Crippen molar-refractivity contribution in [3.63, 3.8) is 0 Å². The molecule has 1 heterocycles. The average molecular weight is 222 g/mol. The molecule has 2 rings (SSSR count). The number of nitrogens with one attached hydrogen (secondary N) is 1. The second kappa shape index (κ2) is 4.95. The molecule has 4 nitrogen and oxygen atoms in total. The van der Waals surface area contributed by atoms with E-state index in [1.165, 1.54) is 19.3 Å². The van der Waals surface area contributed by atoms with Crippen molar-refractivity contribution in [2.45, 2.75) is 45.7 Å². The highest BCUT2D eigenvalue weighted by Gasteiger charge is 2.23. The van der Waals surface area contributed by atoms with Crippen molar-refractivity contribution >= 4 is 0 Å². The molecule has 0 spiro atoms. The standard InChI is InChI=1S/C12H22N4/c1-9-4-10(2)6-11(5-9)13-7-12-14-8-16(3)15-12/h8-11,13H,4-7H2,1-3H3. The van der Waals surface area contributed by atoms with Crippen molar-refractivity contribution in [1.29, 1.82) is 0 Å². The van der Waals surface area contributed by atoms with Crippen LogP contribution in [0.1, 0.15) is 38.9 Å². The summed E-state index contributed by atoms with van der Waals surface area (Å²) < 4.78 is 1.75. The third kappa shape index (κ3) is 3.04. The molecule has 0 radical (unpaired) electrons. The predicted octanol–water partition coefficient (Wildman–Crippen LogP) is 1.73. The lowest BCUT2D eigenvalue weighted by molar-refractivity contribution is 0.237. The van der Waals surface area contributed by atoms with E-state index in [1.807, 2.05) is 7.05 Å². The maximum atomic E-state index is 4.28. The van der Waals surface area contributed by atoms with E-state index in [4.69, 9.17) is 0 Å². The summed E-state index contributed by atoms with van der Waals surface area (Å²) in [7, 11) is 1.90. The SMILES string of the molecule is CC1CC(C)CC(NCc2ncn(C)n2)C1. The second-order valence-corrected chi connectivity index (χ2v) is 5.33. The maximum Gasteiger partial charge on any atom is 0.164 e. The zero-order valence-corrected chi connectivity index (χ0v) is 10.5. The maximum absolute atomic E-state index is 4.28. The molecule has 1 N–H and O–H groups in total. The highest BCUT2D eigenvalue weighted by atomic mass is 15.3. The van der Waals surface area contributed by atoms with E-state index in [9.17, 15) is 0 Å². The minimum atomic E-state index is 0.641. The highest BCUT2D eigenvalue weighted by molar-refractivity contribution is 4.85. The molecule has 90 valence electrons. The normalized spacial score (nSPS) is 30.6. The van der Waals surface area contributed by atoms with Gasteiger partial charge in [0.25, 0.3) is 0 Å². The molecule has 1 aromatic rings. The van der Waals surface area contributed by atoms with Crippen LogP contribution in [0.5, 0.6) is 0 Å². The molecular weight excluding hydrogens is 200 g/mol. The summed E-state index contributed by atoms with van der Waals surface area (Å²) in [4.78, 5) is 4.23. The van der Waals surface area contributed by atoms with Crippen LogP contribution in [0.25, 0.3) is 0 Å². The molecule has 0 bridgehead atoms. The van der Waals surface area contributed by atoms with Gasteiger partial charge in [0.15, 0.2) is 5.82 Å². The van der Waals surface area contributed by atoms with Crippen LogP contribution in [-0.4, -0.2) is 20.8 Å². The fraction of sp³-hybridized carbons (Fsp3) is 0.833. The lowest BCUT2D eigenvalue weighted by Gasteiger charge is -2.31. The van der Waals surface area contributed by atoms with Crippen molar-refractivity contribution in [1.82, 2.24) is 20.1 Å². The Morgan fingerprint density at radius 2 is 2.00 bits per heavy atom. The fourth-order valence-corrected chi connectivity index (χ4v) is 2.81. The summed E-state index contributed by atoms with van der Waals surface area (Å²) in [6.45, 7) is 5.50. The van der Waals surface area contributed by atoms with Crippen LogP contribution in [-0.2, 0) is 13.6 Å². The molecule has 0 aromatic carbocycles. The Balaban J connectivity index is 1.81. The van der Waals surface area contributed by atoms with Gasteiger partial charge in [-0.2, -0.15) is 5.10 Å². The lowest BCUT2D eigenvalue weighted by Crippen LogP contribution is -2.36. The van der Waals surface area contributed by atoms with Crippen LogP contribution >= 0.6 is 0 Å². The van der Waals surface area contributed by atoms with Gasteiger partial charge in [-0.3, -0.25) is 4.68 Å². The third-order valence-corrected chi connectivity index (χ3v) is 3.37.